The van der Waals surface area contributed by atoms with Crippen LogP contribution in [-0.4, -0.2) is 6.54 Å². The van der Waals surface area contributed by atoms with Gasteiger partial charge in [0.2, 0.25) is 0 Å². The zero-order valence-electron chi connectivity index (χ0n) is 13.7. The molecular weight excluding hydrogens is 274 g/mol. The topological polar surface area (TPSA) is 12.0 Å². The highest BCUT2D eigenvalue weighted by molar-refractivity contribution is 7.10. The maximum absolute atomic E-state index is 3.89. The first-order chi connectivity index (χ1) is 9.96. The van der Waals surface area contributed by atoms with Crippen molar-refractivity contribution in [2.24, 2.45) is 22.2 Å². The minimum Gasteiger partial charge on any atom is -0.309 e. The molecule has 1 N–H and O–H groups in total. The van der Waals surface area contributed by atoms with Gasteiger partial charge in [-0.25, -0.2) is 0 Å². The monoisotopic (exact) mass is 303 g/mol. The minimum atomic E-state index is 0.518. The number of nitrogens with one attached hydrogen (secondary N) is 1. The van der Waals surface area contributed by atoms with Crippen molar-refractivity contribution in [2.45, 2.75) is 65.3 Å². The van der Waals surface area contributed by atoms with E-state index in [-0.39, 0.29) is 0 Å². The SMILES string of the molecule is CCNC(c1cccs1)C12CC3CC(C)(CC(C)(C3)C1)C2. The third kappa shape index (κ3) is 2.21. The molecule has 4 bridgehead atoms. The van der Waals surface area contributed by atoms with E-state index in [2.05, 4.69) is 43.6 Å². The first-order valence-corrected chi connectivity index (χ1v) is 9.61. The Balaban J connectivity index is 1.75. The van der Waals surface area contributed by atoms with Crippen LogP contribution in [0.15, 0.2) is 17.5 Å². The van der Waals surface area contributed by atoms with Gasteiger partial charge in [-0.1, -0.05) is 26.8 Å². The summed E-state index contributed by atoms with van der Waals surface area (Å²) in [4.78, 5) is 1.58. The third-order valence-corrected chi connectivity index (χ3v) is 7.45. The summed E-state index contributed by atoms with van der Waals surface area (Å²) in [5.74, 6) is 0.984. The fraction of sp³-hybridized carbons (Fsp3) is 0.789. The molecule has 21 heavy (non-hydrogen) atoms. The molecule has 1 nitrogen and oxygen atoms in total. The molecule has 0 spiro atoms. The third-order valence-electron chi connectivity index (χ3n) is 6.52. The summed E-state index contributed by atoms with van der Waals surface area (Å²) in [6, 6.07) is 5.18. The minimum absolute atomic E-state index is 0.518. The van der Waals surface area contributed by atoms with Crippen molar-refractivity contribution in [2.75, 3.05) is 6.54 Å². The van der Waals surface area contributed by atoms with Gasteiger partial charge in [-0.2, -0.15) is 0 Å². The van der Waals surface area contributed by atoms with E-state index >= 15 is 0 Å². The standard InChI is InChI=1S/C19H29NS/c1-4-20-16(15-6-5-7-21-15)19-10-14-8-17(2,12-19)11-18(3,9-14)13-19/h5-7,14,16,20H,4,8-13H2,1-3H3. The van der Waals surface area contributed by atoms with Gasteiger partial charge in [-0.15, -0.1) is 11.3 Å². The van der Waals surface area contributed by atoms with Crippen LogP contribution in [0, 0.1) is 22.2 Å². The van der Waals surface area contributed by atoms with Crippen molar-refractivity contribution < 1.29 is 0 Å². The van der Waals surface area contributed by atoms with E-state index in [1.165, 1.54) is 38.5 Å². The van der Waals surface area contributed by atoms with Gasteiger partial charge in [0.15, 0.2) is 0 Å². The quantitative estimate of drug-likeness (QED) is 0.785. The van der Waals surface area contributed by atoms with Crippen molar-refractivity contribution in [3.8, 4) is 0 Å². The van der Waals surface area contributed by atoms with E-state index in [1.54, 1.807) is 4.88 Å². The van der Waals surface area contributed by atoms with E-state index in [4.69, 9.17) is 0 Å². The zero-order chi connectivity index (χ0) is 14.7. The van der Waals surface area contributed by atoms with Gasteiger partial charge in [0.1, 0.15) is 0 Å². The second-order valence-corrected chi connectivity index (χ2v) is 9.98. The summed E-state index contributed by atoms with van der Waals surface area (Å²) < 4.78 is 0. The number of thiophene rings is 1. The Hall–Kier alpha value is -0.340. The van der Waals surface area contributed by atoms with Crippen molar-refractivity contribution in [1.29, 1.82) is 0 Å². The molecule has 0 aliphatic heterocycles. The van der Waals surface area contributed by atoms with Crippen LogP contribution in [0.25, 0.3) is 0 Å². The maximum atomic E-state index is 3.89. The molecule has 1 heterocycles. The Morgan fingerprint density at radius 3 is 2.43 bits per heavy atom. The van der Waals surface area contributed by atoms with Crippen LogP contribution in [-0.2, 0) is 0 Å². The first kappa shape index (κ1) is 14.3. The first-order valence-electron chi connectivity index (χ1n) is 8.73. The van der Waals surface area contributed by atoms with Crippen LogP contribution in [0.5, 0.6) is 0 Å². The van der Waals surface area contributed by atoms with Crippen molar-refractivity contribution in [3.63, 3.8) is 0 Å². The van der Waals surface area contributed by atoms with E-state index in [0.29, 0.717) is 22.3 Å². The van der Waals surface area contributed by atoms with E-state index in [9.17, 15) is 0 Å². The van der Waals surface area contributed by atoms with E-state index in [1.807, 2.05) is 11.3 Å². The Kier molecular flexibility index (Phi) is 3.11. The molecule has 3 unspecified atom stereocenters. The number of rotatable bonds is 4. The summed E-state index contributed by atoms with van der Waals surface area (Å²) in [5.41, 5.74) is 1.74. The normalized spacial score (nSPS) is 46.0. The second kappa shape index (κ2) is 4.58. The summed E-state index contributed by atoms with van der Waals surface area (Å²) in [6.07, 6.45) is 8.82. The molecule has 3 atom stereocenters. The lowest BCUT2D eigenvalue weighted by atomic mass is 9.39. The average molecular weight is 304 g/mol. The predicted molar refractivity (Wildman–Crippen MR) is 90.6 cm³/mol. The van der Waals surface area contributed by atoms with Crippen LogP contribution >= 0.6 is 11.3 Å². The van der Waals surface area contributed by atoms with Gasteiger partial charge in [0.25, 0.3) is 0 Å². The molecule has 116 valence electrons. The van der Waals surface area contributed by atoms with Crippen LogP contribution in [0.4, 0.5) is 0 Å². The molecule has 0 radical (unpaired) electrons. The highest BCUT2D eigenvalue weighted by Gasteiger charge is 2.62. The van der Waals surface area contributed by atoms with Crippen LogP contribution < -0.4 is 5.32 Å². The lowest BCUT2D eigenvalue weighted by Gasteiger charge is -2.67. The van der Waals surface area contributed by atoms with Gasteiger partial charge in [0, 0.05) is 10.9 Å². The fourth-order valence-corrected chi connectivity index (χ4v) is 8.08. The molecular formula is C19H29NS. The van der Waals surface area contributed by atoms with E-state index < -0.39 is 0 Å². The summed E-state index contributed by atoms with van der Waals surface area (Å²) in [5, 5.41) is 6.14. The maximum Gasteiger partial charge on any atom is 0.0472 e. The predicted octanol–water partition coefficient (Wildman–Crippen LogP) is 5.40. The Morgan fingerprint density at radius 1 is 1.19 bits per heavy atom. The van der Waals surface area contributed by atoms with Crippen LogP contribution in [0.2, 0.25) is 0 Å². The molecule has 4 aliphatic rings. The Morgan fingerprint density at radius 2 is 1.90 bits per heavy atom. The van der Waals surface area contributed by atoms with Crippen LogP contribution in [0.3, 0.4) is 0 Å². The molecule has 4 fully saturated rings. The van der Waals surface area contributed by atoms with Gasteiger partial charge < -0.3 is 5.32 Å². The molecule has 0 amide bonds. The lowest BCUT2D eigenvalue weighted by Crippen LogP contribution is -2.58. The summed E-state index contributed by atoms with van der Waals surface area (Å²) in [7, 11) is 0. The molecule has 2 heteroatoms. The van der Waals surface area contributed by atoms with Gasteiger partial charge in [-0.3, -0.25) is 0 Å². The molecule has 1 aromatic rings. The van der Waals surface area contributed by atoms with Crippen molar-refractivity contribution in [3.05, 3.63) is 22.4 Å². The van der Waals surface area contributed by atoms with Crippen molar-refractivity contribution >= 4 is 11.3 Å². The van der Waals surface area contributed by atoms with Crippen molar-refractivity contribution in [1.82, 2.24) is 5.32 Å². The zero-order valence-corrected chi connectivity index (χ0v) is 14.6. The number of hydrogen-bond donors (Lipinski definition) is 1. The molecule has 0 aromatic carbocycles. The lowest BCUT2D eigenvalue weighted by molar-refractivity contribution is -0.158. The van der Waals surface area contributed by atoms with Crippen LogP contribution in [0.1, 0.15) is 70.2 Å². The molecule has 0 saturated heterocycles. The Labute approximate surface area is 133 Å². The summed E-state index contributed by atoms with van der Waals surface area (Å²) in [6.45, 7) is 8.52. The van der Waals surface area contributed by atoms with Gasteiger partial charge in [-0.05, 0) is 78.7 Å². The molecule has 4 aliphatic carbocycles. The largest absolute Gasteiger partial charge is 0.309 e. The smallest absolute Gasteiger partial charge is 0.0472 e. The molecule has 4 saturated carbocycles. The second-order valence-electron chi connectivity index (χ2n) is 9.00. The fourth-order valence-electron chi connectivity index (χ4n) is 7.14. The molecule has 5 rings (SSSR count). The highest BCUT2D eigenvalue weighted by Crippen LogP contribution is 2.72. The van der Waals surface area contributed by atoms with E-state index in [0.717, 1.165) is 12.5 Å². The Bertz CT molecular complexity index is 502. The van der Waals surface area contributed by atoms with Gasteiger partial charge in [0.05, 0.1) is 0 Å². The number of hydrogen-bond acceptors (Lipinski definition) is 2. The summed E-state index contributed by atoms with van der Waals surface area (Å²) >= 11 is 1.96. The average Bonchev–Trinajstić information content (AvgIpc) is 2.84. The highest BCUT2D eigenvalue weighted by atomic mass is 32.1. The molecule has 1 aromatic heterocycles. The van der Waals surface area contributed by atoms with Gasteiger partial charge >= 0.3 is 0 Å².